The lowest BCUT2D eigenvalue weighted by Gasteiger charge is -2.12. The van der Waals surface area contributed by atoms with E-state index in [-0.39, 0.29) is 11.0 Å². The van der Waals surface area contributed by atoms with Crippen LogP contribution in [-0.2, 0) is 6.42 Å². The fourth-order valence-electron chi connectivity index (χ4n) is 2.58. The number of carbonyl (C=O) groups excluding carboxylic acids is 1. The molecule has 0 saturated heterocycles. The van der Waals surface area contributed by atoms with Crippen LogP contribution in [0.15, 0.2) is 72.8 Å². The van der Waals surface area contributed by atoms with Crippen molar-refractivity contribution < 1.29 is 9.53 Å². The largest absolute Gasteiger partial charge is 0.493 e. The Morgan fingerprint density at radius 2 is 1.76 bits per heavy atom. The maximum atomic E-state index is 12.5. The van der Waals surface area contributed by atoms with Gasteiger partial charge < -0.3 is 10.1 Å². The van der Waals surface area contributed by atoms with Crippen molar-refractivity contribution in [1.29, 1.82) is 0 Å². The van der Waals surface area contributed by atoms with E-state index in [1.165, 1.54) is 5.56 Å². The molecule has 3 aromatic carbocycles. The first-order valence-electron chi connectivity index (χ1n) is 8.85. The molecule has 2 N–H and O–H groups in total. The third-order valence-corrected chi connectivity index (χ3v) is 4.76. The summed E-state index contributed by atoms with van der Waals surface area (Å²) in [6.07, 6.45) is 0.785. The number of amides is 1. The number of benzene rings is 3. The summed E-state index contributed by atoms with van der Waals surface area (Å²) in [6.45, 7) is 0.518. The Balaban J connectivity index is 1.55. The van der Waals surface area contributed by atoms with Gasteiger partial charge in [-0.3, -0.25) is 10.1 Å². The summed E-state index contributed by atoms with van der Waals surface area (Å²) in [5, 5.41) is 6.57. The van der Waals surface area contributed by atoms with E-state index in [1.807, 2.05) is 36.4 Å². The Morgan fingerprint density at radius 3 is 2.52 bits per heavy atom. The first-order chi connectivity index (χ1) is 14.0. The zero-order chi connectivity index (χ0) is 20.6. The topological polar surface area (TPSA) is 50.4 Å². The van der Waals surface area contributed by atoms with Crippen molar-refractivity contribution in [3.05, 3.63) is 94.0 Å². The van der Waals surface area contributed by atoms with Gasteiger partial charge in [0.1, 0.15) is 5.75 Å². The monoisotopic (exact) mass is 444 g/mol. The number of rotatable bonds is 6. The van der Waals surface area contributed by atoms with Crippen molar-refractivity contribution in [2.45, 2.75) is 6.42 Å². The lowest BCUT2D eigenvalue weighted by molar-refractivity contribution is 0.0977. The molecule has 1 amide bonds. The third-order valence-electron chi connectivity index (χ3n) is 4.00. The van der Waals surface area contributed by atoms with E-state index in [4.69, 9.17) is 40.2 Å². The summed E-state index contributed by atoms with van der Waals surface area (Å²) in [7, 11) is 0. The summed E-state index contributed by atoms with van der Waals surface area (Å²) in [6, 6.07) is 22.0. The predicted molar refractivity (Wildman–Crippen MR) is 122 cm³/mol. The van der Waals surface area contributed by atoms with Crippen LogP contribution in [0.5, 0.6) is 5.75 Å². The molecule has 0 atom stereocenters. The molecule has 0 unspecified atom stereocenters. The molecule has 0 spiro atoms. The molecule has 3 rings (SSSR count). The molecule has 29 heavy (non-hydrogen) atoms. The normalized spacial score (nSPS) is 10.3. The number of thiocarbonyl (C=S) groups is 1. The van der Waals surface area contributed by atoms with Crippen LogP contribution in [0.25, 0.3) is 0 Å². The average Bonchev–Trinajstić information content (AvgIpc) is 2.71. The van der Waals surface area contributed by atoms with Crippen molar-refractivity contribution >= 4 is 52.1 Å². The molecule has 148 valence electrons. The molecule has 0 heterocycles. The molecular formula is C22H18Cl2N2O2S. The molecule has 4 nitrogen and oxygen atoms in total. The summed E-state index contributed by atoms with van der Waals surface area (Å²) >= 11 is 17.2. The van der Waals surface area contributed by atoms with Gasteiger partial charge >= 0.3 is 0 Å². The van der Waals surface area contributed by atoms with Crippen LogP contribution in [0.1, 0.15) is 15.9 Å². The van der Waals surface area contributed by atoms with Gasteiger partial charge in [-0.2, -0.15) is 0 Å². The van der Waals surface area contributed by atoms with E-state index < -0.39 is 0 Å². The van der Waals surface area contributed by atoms with Crippen molar-refractivity contribution in [1.82, 2.24) is 5.32 Å². The predicted octanol–water partition coefficient (Wildman–Crippen LogP) is 5.74. The van der Waals surface area contributed by atoms with E-state index in [2.05, 4.69) is 10.6 Å². The Labute approximate surface area is 184 Å². The fourth-order valence-corrected chi connectivity index (χ4v) is 3.24. The van der Waals surface area contributed by atoms with E-state index >= 15 is 0 Å². The van der Waals surface area contributed by atoms with Crippen LogP contribution in [-0.4, -0.2) is 17.6 Å². The van der Waals surface area contributed by atoms with Crippen molar-refractivity contribution in [3.8, 4) is 5.75 Å². The molecule has 0 aliphatic rings. The lowest BCUT2D eigenvalue weighted by Crippen LogP contribution is -2.34. The number of halogens is 2. The summed E-state index contributed by atoms with van der Waals surface area (Å²) in [4.78, 5) is 12.5. The van der Waals surface area contributed by atoms with Crippen molar-refractivity contribution in [3.63, 3.8) is 0 Å². The second-order valence-corrected chi connectivity index (χ2v) is 7.40. The second-order valence-electron chi connectivity index (χ2n) is 6.14. The van der Waals surface area contributed by atoms with Gasteiger partial charge in [-0.25, -0.2) is 0 Å². The number of carbonyl (C=O) groups is 1. The van der Waals surface area contributed by atoms with Gasteiger partial charge in [-0.05, 0) is 54.2 Å². The fraction of sp³-hybridized carbons (Fsp3) is 0.0909. The van der Waals surface area contributed by atoms with Gasteiger partial charge in [-0.1, -0.05) is 59.6 Å². The molecule has 0 aliphatic carbocycles. The Morgan fingerprint density at radius 1 is 0.966 bits per heavy atom. The standard InChI is InChI=1S/C22H18Cl2N2O2S/c23-17-9-10-20(19(24)14-17)25-22(29)26-21(27)16-7-4-8-18(13-16)28-12-11-15-5-2-1-3-6-15/h1-10,13-14H,11-12H2,(H2,25,26,27,29). The van der Waals surface area contributed by atoms with Crippen LogP contribution in [0, 0.1) is 0 Å². The highest BCUT2D eigenvalue weighted by atomic mass is 35.5. The Bertz CT molecular complexity index is 1010. The Kier molecular flexibility index (Phi) is 7.47. The number of nitrogens with one attached hydrogen (secondary N) is 2. The molecule has 0 radical (unpaired) electrons. The zero-order valence-corrected chi connectivity index (χ0v) is 17.7. The first kappa shape index (κ1) is 21.1. The molecule has 0 aliphatic heterocycles. The number of anilines is 1. The van der Waals surface area contributed by atoms with E-state index in [0.29, 0.717) is 33.7 Å². The van der Waals surface area contributed by atoms with E-state index in [0.717, 1.165) is 6.42 Å². The minimum absolute atomic E-state index is 0.134. The first-order valence-corrected chi connectivity index (χ1v) is 10.0. The zero-order valence-electron chi connectivity index (χ0n) is 15.3. The van der Waals surface area contributed by atoms with Gasteiger partial charge in [0.2, 0.25) is 0 Å². The maximum absolute atomic E-state index is 12.5. The van der Waals surface area contributed by atoms with E-state index in [9.17, 15) is 4.79 Å². The highest BCUT2D eigenvalue weighted by Crippen LogP contribution is 2.25. The number of hydrogen-bond acceptors (Lipinski definition) is 3. The van der Waals surface area contributed by atoms with Crippen molar-refractivity contribution in [2.75, 3.05) is 11.9 Å². The number of hydrogen-bond donors (Lipinski definition) is 2. The molecule has 0 aromatic heterocycles. The summed E-state index contributed by atoms with van der Waals surface area (Å²) in [5.74, 6) is 0.272. The number of ether oxygens (including phenoxy) is 1. The molecule has 7 heteroatoms. The van der Waals surface area contributed by atoms with Crippen LogP contribution >= 0.6 is 35.4 Å². The average molecular weight is 445 g/mol. The van der Waals surface area contributed by atoms with Gasteiger partial charge in [-0.15, -0.1) is 0 Å². The van der Waals surface area contributed by atoms with Crippen LogP contribution in [0.2, 0.25) is 10.0 Å². The molecule has 0 fully saturated rings. The second kappa shape index (κ2) is 10.3. The van der Waals surface area contributed by atoms with Gasteiger partial charge in [0, 0.05) is 17.0 Å². The molecule has 3 aromatic rings. The van der Waals surface area contributed by atoms with Gasteiger partial charge in [0.15, 0.2) is 5.11 Å². The highest BCUT2D eigenvalue weighted by Gasteiger charge is 2.10. The lowest BCUT2D eigenvalue weighted by atomic mass is 10.2. The van der Waals surface area contributed by atoms with Crippen molar-refractivity contribution in [2.24, 2.45) is 0 Å². The van der Waals surface area contributed by atoms with Gasteiger partial charge in [0.05, 0.1) is 17.3 Å². The molecule has 0 bridgehead atoms. The van der Waals surface area contributed by atoms with Crippen LogP contribution in [0.3, 0.4) is 0 Å². The summed E-state index contributed by atoms with van der Waals surface area (Å²) < 4.78 is 5.77. The van der Waals surface area contributed by atoms with E-state index in [1.54, 1.807) is 36.4 Å². The minimum atomic E-state index is -0.346. The van der Waals surface area contributed by atoms with Crippen LogP contribution in [0.4, 0.5) is 5.69 Å². The third kappa shape index (κ3) is 6.46. The SMILES string of the molecule is O=C(NC(=S)Nc1ccc(Cl)cc1Cl)c1cccc(OCCc2ccccc2)c1. The van der Waals surface area contributed by atoms with Gasteiger partial charge in [0.25, 0.3) is 5.91 Å². The maximum Gasteiger partial charge on any atom is 0.257 e. The van der Waals surface area contributed by atoms with Crippen LogP contribution < -0.4 is 15.4 Å². The smallest absolute Gasteiger partial charge is 0.257 e. The highest BCUT2D eigenvalue weighted by molar-refractivity contribution is 7.80. The Hall–Kier alpha value is -2.60. The molecule has 0 saturated carbocycles. The quantitative estimate of drug-likeness (QED) is 0.475. The molecular weight excluding hydrogens is 427 g/mol. The summed E-state index contributed by atoms with van der Waals surface area (Å²) in [5.41, 5.74) is 2.19. The minimum Gasteiger partial charge on any atom is -0.493 e.